The van der Waals surface area contributed by atoms with Crippen molar-refractivity contribution in [3.63, 3.8) is 0 Å². The fraction of sp³-hybridized carbons (Fsp3) is 1.00. The Morgan fingerprint density at radius 3 is 2.15 bits per heavy atom. The first-order valence-electron chi connectivity index (χ1n) is 5.55. The van der Waals surface area contributed by atoms with Crippen LogP contribution in [0.1, 0.15) is 33.6 Å². The molecule has 1 atom stereocenters. The molecule has 0 aliphatic carbocycles. The van der Waals surface area contributed by atoms with E-state index >= 15 is 0 Å². The van der Waals surface area contributed by atoms with Crippen molar-refractivity contribution < 1.29 is 0 Å². The van der Waals surface area contributed by atoms with E-state index in [1.54, 1.807) is 0 Å². The minimum Gasteiger partial charge on any atom is -0.317 e. The van der Waals surface area contributed by atoms with E-state index in [2.05, 4.69) is 38.0 Å². The van der Waals surface area contributed by atoms with Crippen LogP contribution in [0.2, 0.25) is 0 Å². The standard InChI is InChI=1S/C11H24N2/c1-9(2)10(3)13(4)11-5-7-12-8-6-11/h9-12H,5-8H2,1-4H3. The van der Waals surface area contributed by atoms with Gasteiger partial charge in [0.2, 0.25) is 0 Å². The Morgan fingerprint density at radius 2 is 1.69 bits per heavy atom. The molecule has 0 aromatic rings. The molecule has 1 saturated heterocycles. The molecular weight excluding hydrogens is 160 g/mol. The van der Waals surface area contributed by atoms with Gasteiger partial charge in [0.15, 0.2) is 0 Å². The summed E-state index contributed by atoms with van der Waals surface area (Å²) in [7, 11) is 2.28. The summed E-state index contributed by atoms with van der Waals surface area (Å²) in [4.78, 5) is 2.56. The summed E-state index contributed by atoms with van der Waals surface area (Å²) in [6.07, 6.45) is 2.63. The third-order valence-corrected chi connectivity index (χ3v) is 3.49. The van der Waals surface area contributed by atoms with E-state index in [1.807, 2.05) is 0 Å². The summed E-state index contributed by atoms with van der Waals surface area (Å²) in [5.74, 6) is 0.764. The van der Waals surface area contributed by atoms with Crippen molar-refractivity contribution in [1.29, 1.82) is 0 Å². The van der Waals surface area contributed by atoms with Gasteiger partial charge in [-0.15, -0.1) is 0 Å². The summed E-state index contributed by atoms with van der Waals surface area (Å²) in [6.45, 7) is 9.34. The Morgan fingerprint density at radius 1 is 1.15 bits per heavy atom. The average molecular weight is 184 g/mol. The van der Waals surface area contributed by atoms with Gasteiger partial charge in [-0.2, -0.15) is 0 Å². The van der Waals surface area contributed by atoms with Crippen molar-refractivity contribution in [3.05, 3.63) is 0 Å². The molecule has 2 nitrogen and oxygen atoms in total. The van der Waals surface area contributed by atoms with Crippen LogP contribution >= 0.6 is 0 Å². The van der Waals surface area contributed by atoms with Crippen LogP contribution < -0.4 is 5.32 Å². The van der Waals surface area contributed by atoms with Crippen LogP contribution in [0.3, 0.4) is 0 Å². The summed E-state index contributed by atoms with van der Waals surface area (Å²) < 4.78 is 0. The Bertz CT molecular complexity index is 139. The maximum Gasteiger partial charge on any atom is 0.0119 e. The highest BCUT2D eigenvalue weighted by molar-refractivity contribution is 4.79. The SMILES string of the molecule is CC(C)C(C)N(C)C1CCNCC1. The van der Waals surface area contributed by atoms with Crippen LogP contribution in [-0.2, 0) is 0 Å². The third kappa shape index (κ3) is 2.96. The lowest BCUT2D eigenvalue weighted by Crippen LogP contribution is -2.46. The molecule has 0 amide bonds. The van der Waals surface area contributed by atoms with Gasteiger partial charge in [-0.3, -0.25) is 0 Å². The molecule has 0 saturated carbocycles. The van der Waals surface area contributed by atoms with Crippen molar-refractivity contribution in [2.24, 2.45) is 5.92 Å². The number of nitrogens with zero attached hydrogens (tertiary/aromatic N) is 1. The van der Waals surface area contributed by atoms with E-state index in [0.29, 0.717) is 6.04 Å². The predicted octanol–water partition coefficient (Wildman–Crippen LogP) is 1.71. The highest BCUT2D eigenvalue weighted by atomic mass is 15.2. The zero-order chi connectivity index (χ0) is 9.84. The zero-order valence-electron chi connectivity index (χ0n) is 9.51. The zero-order valence-corrected chi connectivity index (χ0v) is 9.51. The minimum atomic E-state index is 0.711. The van der Waals surface area contributed by atoms with E-state index in [-0.39, 0.29) is 0 Å². The molecule has 1 N–H and O–H groups in total. The van der Waals surface area contributed by atoms with Crippen molar-refractivity contribution >= 4 is 0 Å². The third-order valence-electron chi connectivity index (χ3n) is 3.49. The molecule has 0 aromatic heterocycles. The largest absolute Gasteiger partial charge is 0.317 e. The fourth-order valence-electron chi connectivity index (χ4n) is 2.02. The Labute approximate surface area is 82.7 Å². The number of rotatable bonds is 3. The highest BCUT2D eigenvalue weighted by Gasteiger charge is 2.22. The smallest absolute Gasteiger partial charge is 0.0119 e. The van der Waals surface area contributed by atoms with Gasteiger partial charge in [-0.1, -0.05) is 13.8 Å². The lowest BCUT2D eigenvalue weighted by molar-refractivity contribution is 0.123. The second-order valence-electron chi connectivity index (χ2n) is 4.63. The first-order valence-corrected chi connectivity index (χ1v) is 5.55. The normalized spacial score (nSPS) is 22.6. The second-order valence-corrected chi connectivity index (χ2v) is 4.63. The van der Waals surface area contributed by atoms with Gasteiger partial charge in [-0.05, 0) is 45.8 Å². The van der Waals surface area contributed by atoms with Gasteiger partial charge in [0.1, 0.15) is 0 Å². The van der Waals surface area contributed by atoms with Gasteiger partial charge in [0.25, 0.3) is 0 Å². The van der Waals surface area contributed by atoms with Gasteiger partial charge < -0.3 is 10.2 Å². The molecule has 13 heavy (non-hydrogen) atoms. The van der Waals surface area contributed by atoms with Gasteiger partial charge in [0, 0.05) is 12.1 Å². The first-order chi connectivity index (χ1) is 6.13. The second kappa shape index (κ2) is 4.97. The van der Waals surface area contributed by atoms with E-state index in [1.165, 1.54) is 25.9 Å². The van der Waals surface area contributed by atoms with Gasteiger partial charge in [-0.25, -0.2) is 0 Å². The van der Waals surface area contributed by atoms with E-state index in [4.69, 9.17) is 0 Å². The fourth-order valence-corrected chi connectivity index (χ4v) is 2.02. The molecule has 0 aromatic carbocycles. The lowest BCUT2D eigenvalue weighted by Gasteiger charge is -2.37. The number of hydrogen-bond donors (Lipinski definition) is 1. The van der Waals surface area contributed by atoms with Crippen molar-refractivity contribution in [2.45, 2.75) is 45.7 Å². The lowest BCUT2D eigenvalue weighted by atomic mass is 9.99. The van der Waals surface area contributed by atoms with Crippen LogP contribution in [-0.4, -0.2) is 37.1 Å². The predicted molar refractivity (Wildman–Crippen MR) is 58.0 cm³/mol. The molecule has 1 fully saturated rings. The molecule has 2 heteroatoms. The van der Waals surface area contributed by atoms with Crippen LogP contribution in [0.15, 0.2) is 0 Å². The Balaban J connectivity index is 2.40. The Hall–Kier alpha value is -0.0800. The quantitative estimate of drug-likeness (QED) is 0.718. The number of hydrogen-bond acceptors (Lipinski definition) is 2. The van der Waals surface area contributed by atoms with E-state index in [0.717, 1.165) is 12.0 Å². The molecule has 0 spiro atoms. The maximum atomic E-state index is 3.41. The van der Waals surface area contributed by atoms with Gasteiger partial charge >= 0.3 is 0 Å². The molecule has 1 aliphatic heterocycles. The maximum absolute atomic E-state index is 3.41. The van der Waals surface area contributed by atoms with Crippen molar-refractivity contribution in [1.82, 2.24) is 10.2 Å². The average Bonchev–Trinajstić information content (AvgIpc) is 2.17. The monoisotopic (exact) mass is 184 g/mol. The topological polar surface area (TPSA) is 15.3 Å². The van der Waals surface area contributed by atoms with Crippen LogP contribution in [0.4, 0.5) is 0 Å². The molecule has 1 heterocycles. The first kappa shape index (κ1) is 11.0. The number of nitrogens with one attached hydrogen (secondary N) is 1. The van der Waals surface area contributed by atoms with Crippen LogP contribution in [0, 0.1) is 5.92 Å². The molecular formula is C11H24N2. The summed E-state index contributed by atoms with van der Waals surface area (Å²) in [6, 6.07) is 1.52. The molecule has 1 unspecified atom stereocenters. The minimum absolute atomic E-state index is 0.711. The van der Waals surface area contributed by atoms with E-state index < -0.39 is 0 Å². The van der Waals surface area contributed by atoms with E-state index in [9.17, 15) is 0 Å². The van der Waals surface area contributed by atoms with Crippen LogP contribution in [0.5, 0.6) is 0 Å². The number of piperidine rings is 1. The summed E-state index contributed by atoms with van der Waals surface area (Å²) in [5.41, 5.74) is 0. The molecule has 1 rings (SSSR count). The molecule has 1 aliphatic rings. The summed E-state index contributed by atoms with van der Waals surface area (Å²) >= 11 is 0. The highest BCUT2D eigenvalue weighted by Crippen LogP contribution is 2.17. The molecule has 0 bridgehead atoms. The van der Waals surface area contributed by atoms with Gasteiger partial charge in [0.05, 0.1) is 0 Å². The van der Waals surface area contributed by atoms with Crippen molar-refractivity contribution in [3.8, 4) is 0 Å². The Kier molecular flexibility index (Phi) is 4.20. The van der Waals surface area contributed by atoms with Crippen LogP contribution in [0.25, 0.3) is 0 Å². The van der Waals surface area contributed by atoms with Crippen molar-refractivity contribution in [2.75, 3.05) is 20.1 Å². The summed E-state index contributed by atoms with van der Waals surface area (Å²) in [5, 5.41) is 3.41. The molecule has 0 radical (unpaired) electrons. The molecule has 78 valence electrons.